The molecule has 2 N–H and O–H groups in total. The highest BCUT2D eigenvalue weighted by atomic mass is 32.2. The Morgan fingerprint density at radius 1 is 1.18 bits per heavy atom. The average Bonchev–Trinajstić information content (AvgIpc) is 2.56. The lowest BCUT2D eigenvalue weighted by Crippen LogP contribution is -2.19. The number of benzene rings is 2. The molecular formula is C17H16N2O2S. The normalized spacial score (nSPS) is 15.1. The van der Waals surface area contributed by atoms with Crippen LogP contribution in [0.4, 0.5) is 5.69 Å². The van der Waals surface area contributed by atoms with Gasteiger partial charge in [-0.1, -0.05) is 36.0 Å². The van der Waals surface area contributed by atoms with Gasteiger partial charge in [0.2, 0.25) is 0 Å². The molecule has 5 heteroatoms. The summed E-state index contributed by atoms with van der Waals surface area (Å²) in [6.45, 7) is 0.656. The monoisotopic (exact) mass is 312 g/mol. The van der Waals surface area contributed by atoms with Gasteiger partial charge in [0, 0.05) is 17.6 Å². The SMILES string of the molecule is COc1ccc(CNC=C2Sc3ccccc3NC2=O)cc1. The van der Waals surface area contributed by atoms with E-state index in [0.717, 1.165) is 21.9 Å². The summed E-state index contributed by atoms with van der Waals surface area (Å²) in [5.74, 6) is 0.756. The molecule has 2 aromatic carbocycles. The third-order valence-corrected chi connectivity index (χ3v) is 4.38. The van der Waals surface area contributed by atoms with Crippen molar-refractivity contribution >= 4 is 23.4 Å². The van der Waals surface area contributed by atoms with Crippen LogP contribution in [-0.2, 0) is 11.3 Å². The summed E-state index contributed by atoms with van der Waals surface area (Å²) < 4.78 is 5.13. The van der Waals surface area contributed by atoms with Crippen molar-refractivity contribution in [3.63, 3.8) is 0 Å². The first-order chi connectivity index (χ1) is 10.8. The second-order valence-corrected chi connectivity index (χ2v) is 5.87. The summed E-state index contributed by atoms with van der Waals surface area (Å²) in [7, 11) is 1.65. The molecule has 112 valence electrons. The van der Waals surface area contributed by atoms with Gasteiger partial charge in [-0.2, -0.15) is 0 Å². The van der Waals surface area contributed by atoms with E-state index in [4.69, 9.17) is 4.74 Å². The highest BCUT2D eigenvalue weighted by molar-refractivity contribution is 8.04. The second-order valence-electron chi connectivity index (χ2n) is 4.79. The van der Waals surface area contributed by atoms with Crippen molar-refractivity contribution in [2.45, 2.75) is 11.4 Å². The van der Waals surface area contributed by atoms with Crippen molar-refractivity contribution in [2.75, 3.05) is 12.4 Å². The number of anilines is 1. The molecule has 0 aliphatic carbocycles. The molecule has 1 aliphatic heterocycles. The molecule has 1 amide bonds. The van der Waals surface area contributed by atoms with Gasteiger partial charge in [0.05, 0.1) is 17.7 Å². The van der Waals surface area contributed by atoms with E-state index >= 15 is 0 Å². The lowest BCUT2D eigenvalue weighted by Gasteiger charge is -2.18. The van der Waals surface area contributed by atoms with E-state index in [1.165, 1.54) is 11.8 Å². The second kappa shape index (κ2) is 6.58. The maximum Gasteiger partial charge on any atom is 0.263 e. The maximum atomic E-state index is 12.0. The first-order valence-corrected chi connectivity index (χ1v) is 7.72. The van der Waals surface area contributed by atoms with E-state index in [2.05, 4.69) is 10.6 Å². The van der Waals surface area contributed by atoms with Crippen molar-refractivity contribution in [1.29, 1.82) is 0 Å². The van der Waals surface area contributed by atoms with Gasteiger partial charge >= 0.3 is 0 Å². The van der Waals surface area contributed by atoms with Crippen LogP contribution in [0.15, 0.2) is 64.5 Å². The molecule has 0 fully saturated rings. The quantitative estimate of drug-likeness (QED) is 0.850. The number of hydrogen-bond donors (Lipinski definition) is 2. The van der Waals surface area contributed by atoms with Gasteiger partial charge in [-0.25, -0.2) is 0 Å². The molecule has 0 saturated heterocycles. The Balaban J connectivity index is 1.64. The first-order valence-electron chi connectivity index (χ1n) is 6.91. The fourth-order valence-corrected chi connectivity index (χ4v) is 3.01. The van der Waals surface area contributed by atoms with Crippen LogP contribution in [0.25, 0.3) is 0 Å². The third kappa shape index (κ3) is 3.26. The summed E-state index contributed by atoms with van der Waals surface area (Å²) in [4.78, 5) is 13.7. The van der Waals surface area contributed by atoms with E-state index in [0.29, 0.717) is 11.4 Å². The van der Waals surface area contributed by atoms with Gasteiger partial charge in [0.15, 0.2) is 0 Å². The number of methoxy groups -OCH3 is 1. The predicted molar refractivity (Wildman–Crippen MR) is 88.8 cm³/mol. The number of para-hydroxylation sites is 1. The van der Waals surface area contributed by atoms with Crippen molar-refractivity contribution < 1.29 is 9.53 Å². The van der Waals surface area contributed by atoms with Crippen LogP contribution in [0.2, 0.25) is 0 Å². The van der Waals surface area contributed by atoms with Crippen LogP contribution < -0.4 is 15.4 Å². The Morgan fingerprint density at radius 2 is 1.95 bits per heavy atom. The number of carbonyl (C=O) groups excluding carboxylic acids is 1. The zero-order valence-corrected chi connectivity index (χ0v) is 12.9. The van der Waals surface area contributed by atoms with E-state index < -0.39 is 0 Å². The van der Waals surface area contributed by atoms with Crippen LogP contribution in [0, 0.1) is 0 Å². The minimum absolute atomic E-state index is 0.0778. The molecule has 0 unspecified atom stereocenters. The smallest absolute Gasteiger partial charge is 0.263 e. The number of fused-ring (bicyclic) bond motifs is 1. The van der Waals surface area contributed by atoms with E-state index in [9.17, 15) is 4.79 Å². The summed E-state index contributed by atoms with van der Waals surface area (Å²) in [6.07, 6.45) is 1.76. The van der Waals surface area contributed by atoms with E-state index in [-0.39, 0.29) is 5.91 Å². The maximum absolute atomic E-state index is 12.0. The Labute approximate surface area is 133 Å². The molecule has 0 atom stereocenters. The van der Waals surface area contributed by atoms with Crippen molar-refractivity contribution in [2.24, 2.45) is 0 Å². The summed E-state index contributed by atoms with van der Waals surface area (Å²) in [5.41, 5.74) is 1.99. The number of ether oxygens (including phenoxy) is 1. The highest BCUT2D eigenvalue weighted by Gasteiger charge is 2.20. The van der Waals surface area contributed by atoms with Crippen molar-refractivity contribution in [3.8, 4) is 5.75 Å². The fraction of sp³-hybridized carbons (Fsp3) is 0.118. The van der Waals surface area contributed by atoms with Gasteiger partial charge in [-0.3, -0.25) is 4.79 Å². The molecule has 0 spiro atoms. The van der Waals surface area contributed by atoms with Gasteiger partial charge in [0.25, 0.3) is 5.91 Å². The highest BCUT2D eigenvalue weighted by Crippen LogP contribution is 2.37. The number of hydrogen-bond acceptors (Lipinski definition) is 4. The Hall–Kier alpha value is -2.40. The predicted octanol–water partition coefficient (Wildman–Crippen LogP) is 3.37. The van der Waals surface area contributed by atoms with Crippen LogP contribution in [0.3, 0.4) is 0 Å². The number of nitrogens with one attached hydrogen (secondary N) is 2. The third-order valence-electron chi connectivity index (χ3n) is 3.28. The molecule has 2 aromatic rings. The summed E-state index contributed by atoms with van der Waals surface area (Å²) >= 11 is 1.47. The lowest BCUT2D eigenvalue weighted by molar-refractivity contribution is -0.112. The number of carbonyl (C=O) groups is 1. The Kier molecular flexibility index (Phi) is 4.34. The molecular weight excluding hydrogens is 296 g/mol. The molecule has 0 radical (unpaired) electrons. The van der Waals surface area contributed by atoms with Crippen LogP contribution in [0.1, 0.15) is 5.56 Å². The fourth-order valence-electron chi connectivity index (χ4n) is 2.11. The Bertz CT molecular complexity index is 711. The molecule has 22 heavy (non-hydrogen) atoms. The summed E-state index contributed by atoms with van der Waals surface area (Å²) in [6, 6.07) is 15.6. The van der Waals surface area contributed by atoms with Crippen molar-refractivity contribution in [1.82, 2.24) is 5.32 Å². The van der Waals surface area contributed by atoms with Crippen LogP contribution in [0.5, 0.6) is 5.75 Å². The van der Waals surface area contributed by atoms with E-state index in [1.54, 1.807) is 13.3 Å². The van der Waals surface area contributed by atoms with E-state index in [1.807, 2.05) is 48.5 Å². The molecule has 1 aliphatic rings. The average molecular weight is 312 g/mol. The lowest BCUT2D eigenvalue weighted by atomic mass is 10.2. The molecule has 3 rings (SSSR count). The minimum atomic E-state index is -0.0778. The number of thioether (sulfide) groups is 1. The zero-order valence-electron chi connectivity index (χ0n) is 12.1. The standard InChI is InChI=1S/C17H16N2O2S/c1-21-13-8-6-12(7-9-13)10-18-11-16-17(20)19-14-4-2-3-5-15(14)22-16/h2-9,11,18H,10H2,1H3,(H,19,20). The minimum Gasteiger partial charge on any atom is -0.497 e. The topological polar surface area (TPSA) is 50.4 Å². The summed E-state index contributed by atoms with van der Waals surface area (Å²) in [5, 5.41) is 6.07. The molecule has 0 aromatic heterocycles. The largest absolute Gasteiger partial charge is 0.497 e. The van der Waals surface area contributed by atoms with Gasteiger partial charge < -0.3 is 15.4 Å². The molecule has 0 bridgehead atoms. The molecule has 0 saturated carbocycles. The molecule has 4 nitrogen and oxygen atoms in total. The van der Waals surface area contributed by atoms with Gasteiger partial charge in [0.1, 0.15) is 5.75 Å². The van der Waals surface area contributed by atoms with Crippen molar-refractivity contribution in [3.05, 3.63) is 65.2 Å². The van der Waals surface area contributed by atoms with Gasteiger partial charge in [-0.15, -0.1) is 0 Å². The number of amides is 1. The van der Waals surface area contributed by atoms with Crippen LogP contribution in [-0.4, -0.2) is 13.0 Å². The first kappa shape index (κ1) is 14.5. The molecule has 1 heterocycles. The van der Waals surface area contributed by atoms with Crippen LogP contribution >= 0.6 is 11.8 Å². The van der Waals surface area contributed by atoms with Gasteiger partial charge in [-0.05, 0) is 29.8 Å². The zero-order chi connectivity index (χ0) is 15.4. The Morgan fingerprint density at radius 3 is 2.73 bits per heavy atom. The number of rotatable bonds is 4.